The number of imidazole rings is 1. The third kappa shape index (κ3) is 1.99. The van der Waals surface area contributed by atoms with Gasteiger partial charge in [-0.15, -0.1) is 0 Å². The van der Waals surface area contributed by atoms with Crippen LogP contribution in [0.2, 0.25) is 0 Å². The second kappa shape index (κ2) is 4.34. The van der Waals surface area contributed by atoms with Gasteiger partial charge in [-0.3, -0.25) is 14.3 Å². The molecule has 2 N–H and O–H groups in total. The van der Waals surface area contributed by atoms with Gasteiger partial charge in [0.05, 0.1) is 0 Å². The van der Waals surface area contributed by atoms with Crippen molar-refractivity contribution in [3.05, 3.63) is 48.7 Å². The van der Waals surface area contributed by atoms with Gasteiger partial charge in [-0.05, 0) is 34.7 Å². The molecule has 6 nitrogen and oxygen atoms in total. The van der Waals surface area contributed by atoms with Crippen molar-refractivity contribution >= 4 is 33.8 Å². The smallest absolute Gasteiger partial charge is 0.329 e. The van der Waals surface area contributed by atoms with E-state index in [9.17, 15) is 9.59 Å². The molecule has 0 aliphatic heterocycles. The average Bonchev–Trinajstić information content (AvgIpc) is 2.82. The van der Waals surface area contributed by atoms with E-state index in [1.54, 1.807) is 7.05 Å². The number of aryl methyl sites for hydroxylation is 1. The molecule has 0 radical (unpaired) electrons. The number of aromatic nitrogens is 4. The summed E-state index contributed by atoms with van der Waals surface area (Å²) in [6.07, 6.45) is 0. The average molecular weight is 368 g/mol. The van der Waals surface area contributed by atoms with Crippen LogP contribution in [0, 0.1) is 3.57 Å². The summed E-state index contributed by atoms with van der Waals surface area (Å²) in [6.45, 7) is 0. The van der Waals surface area contributed by atoms with Crippen molar-refractivity contribution in [3.8, 4) is 11.4 Å². The topological polar surface area (TPSA) is 83.5 Å². The van der Waals surface area contributed by atoms with E-state index < -0.39 is 11.2 Å². The minimum atomic E-state index is -0.474. The van der Waals surface area contributed by atoms with E-state index in [1.807, 2.05) is 24.3 Å². The fourth-order valence-corrected chi connectivity index (χ4v) is 2.42. The Kier molecular flexibility index (Phi) is 2.77. The molecule has 7 heteroatoms. The summed E-state index contributed by atoms with van der Waals surface area (Å²) in [7, 11) is 1.57. The number of nitrogens with zero attached hydrogens (tertiary/aromatic N) is 2. The zero-order chi connectivity index (χ0) is 13.6. The van der Waals surface area contributed by atoms with Crippen molar-refractivity contribution in [3.63, 3.8) is 0 Å². The zero-order valence-electron chi connectivity index (χ0n) is 9.90. The number of nitrogens with one attached hydrogen (secondary N) is 2. The molecule has 0 saturated carbocycles. The maximum absolute atomic E-state index is 11.7. The molecule has 0 unspecified atom stereocenters. The number of benzene rings is 1. The third-order valence-electron chi connectivity index (χ3n) is 2.85. The molecular weight excluding hydrogens is 359 g/mol. The van der Waals surface area contributed by atoms with Gasteiger partial charge in [-0.2, -0.15) is 0 Å². The van der Waals surface area contributed by atoms with Crippen LogP contribution in [-0.4, -0.2) is 19.5 Å². The Labute approximate surface area is 120 Å². The first-order chi connectivity index (χ1) is 9.06. The van der Waals surface area contributed by atoms with Crippen molar-refractivity contribution in [1.82, 2.24) is 19.5 Å². The quantitative estimate of drug-likeness (QED) is 0.634. The van der Waals surface area contributed by atoms with Crippen molar-refractivity contribution in [1.29, 1.82) is 0 Å². The van der Waals surface area contributed by atoms with Crippen molar-refractivity contribution in [2.75, 3.05) is 0 Å². The van der Waals surface area contributed by atoms with Crippen LogP contribution in [0.5, 0.6) is 0 Å². The minimum Gasteiger partial charge on any atom is -0.332 e. The minimum absolute atomic E-state index is 0.302. The SMILES string of the molecule is Cn1c(=O)[nH]c(=O)c2[nH]c(-c3cccc(I)c3)nc21. The highest BCUT2D eigenvalue weighted by Gasteiger charge is 2.11. The summed E-state index contributed by atoms with van der Waals surface area (Å²) in [6, 6.07) is 7.72. The van der Waals surface area contributed by atoms with E-state index in [4.69, 9.17) is 0 Å². The van der Waals surface area contributed by atoms with Gasteiger partial charge in [0.2, 0.25) is 0 Å². The maximum atomic E-state index is 11.7. The number of aromatic amines is 2. The summed E-state index contributed by atoms with van der Waals surface area (Å²) < 4.78 is 2.38. The molecular formula is C12H9IN4O2. The van der Waals surface area contributed by atoms with E-state index in [0.717, 1.165) is 9.13 Å². The molecule has 0 amide bonds. The van der Waals surface area contributed by atoms with Crippen LogP contribution in [0.15, 0.2) is 33.9 Å². The van der Waals surface area contributed by atoms with Gasteiger partial charge >= 0.3 is 5.69 Å². The van der Waals surface area contributed by atoms with Gasteiger partial charge < -0.3 is 4.98 Å². The predicted molar refractivity (Wildman–Crippen MR) is 80.1 cm³/mol. The molecule has 0 atom stereocenters. The molecule has 0 aliphatic carbocycles. The Balaban J connectivity index is 2.34. The van der Waals surface area contributed by atoms with Crippen LogP contribution in [0.25, 0.3) is 22.6 Å². The van der Waals surface area contributed by atoms with E-state index in [0.29, 0.717) is 17.0 Å². The summed E-state index contributed by atoms with van der Waals surface area (Å²) >= 11 is 2.20. The van der Waals surface area contributed by atoms with Crippen molar-refractivity contribution < 1.29 is 0 Å². The van der Waals surface area contributed by atoms with Crippen LogP contribution < -0.4 is 11.2 Å². The van der Waals surface area contributed by atoms with Crippen LogP contribution in [0.1, 0.15) is 0 Å². The number of hydrogen-bond donors (Lipinski definition) is 2. The lowest BCUT2D eigenvalue weighted by Gasteiger charge is -1.96. The highest BCUT2D eigenvalue weighted by molar-refractivity contribution is 14.1. The third-order valence-corrected chi connectivity index (χ3v) is 3.52. The fraction of sp³-hybridized carbons (Fsp3) is 0.0833. The number of hydrogen-bond acceptors (Lipinski definition) is 3. The number of H-pyrrole nitrogens is 2. The first-order valence-electron chi connectivity index (χ1n) is 5.51. The highest BCUT2D eigenvalue weighted by atomic mass is 127. The Morgan fingerprint density at radius 1 is 1.26 bits per heavy atom. The Hall–Kier alpha value is -1.90. The molecule has 0 fully saturated rings. The molecule has 3 rings (SSSR count). The van der Waals surface area contributed by atoms with E-state index in [2.05, 4.69) is 37.5 Å². The fourth-order valence-electron chi connectivity index (χ4n) is 1.88. The van der Waals surface area contributed by atoms with Gasteiger partial charge in [-0.25, -0.2) is 9.78 Å². The maximum Gasteiger partial charge on any atom is 0.329 e. The molecule has 1 aromatic carbocycles. The lowest BCUT2D eigenvalue weighted by atomic mass is 10.2. The molecule has 0 saturated heterocycles. The monoisotopic (exact) mass is 368 g/mol. The number of fused-ring (bicyclic) bond motifs is 1. The second-order valence-electron chi connectivity index (χ2n) is 4.11. The van der Waals surface area contributed by atoms with Gasteiger partial charge in [-0.1, -0.05) is 12.1 Å². The molecule has 3 aromatic rings. The Morgan fingerprint density at radius 3 is 2.79 bits per heavy atom. The summed E-state index contributed by atoms with van der Waals surface area (Å²) in [4.78, 5) is 32.8. The molecule has 96 valence electrons. The molecule has 0 spiro atoms. The lowest BCUT2D eigenvalue weighted by Crippen LogP contribution is -2.28. The van der Waals surface area contributed by atoms with Gasteiger partial charge in [0.15, 0.2) is 5.65 Å². The molecule has 2 heterocycles. The predicted octanol–water partition coefficient (Wildman–Crippen LogP) is 1.22. The summed E-state index contributed by atoms with van der Waals surface area (Å²) in [5.74, 6) is 0.570. The highest BCUT2D eigenvalue weighted by Crippen LogP contribution is 2.19. The molecule has 0 aliphatic rings. The van der Waals surface area contributed by atoms with Gasteiger partial charge in [0.25, 0.3) is 5.56 Å². The van der Waals surface area contributed by atoms with Gasteiger partial charge in [0, 0.05) is 16.2 Å². The van der Waals surface area contributed by atoms with Crippen LogP contribution in [0.3, 0.4) is 0 Å². The van der Waals surface area contributed by atoms with Crippen molar-refractivity contribution in [2.24, 2.45) is 7.05 Å². The first kappa shape index (κ1) is 12.2. The molecule has 2 aromatic heterocycles. The summed E-state index contributed by atoms with van der Waals surface area (Å²) in [5.41, 5.74) is 0.592. The van der Waals surface area contributed by atoms with E-state index in [1.165, 1.54) is 4.57 Å². The first-order valence-corrected chi connectivity index (χ1v) is 6.59. The van der Waals surface area contributed by atoms with Crippen LogP contribution in [-0.2, 0) is 7.05 Å². The lowest BCUT2D eigenvalue weighted by molar-refractivity contribution is 0.832. The van der Waals surface area contributed by atoms with E-state index in [-0.39, 0.29) is 0 Å². The van der Waals surface area contributed by atoms with Crippen molar-refractivity contribution in [2.45, 2.75) is 0 Å². The Bertz CT molecular complexity index is 891. The molecule has 19 heavy (non-hydrogen) atoms. The largest absolute Gasteiger partial charge is 0.332 e. The van der Waals surface area contributed by atoms with Crippen LogP contribution >= 0.6 is 22.6 Å². The standard InChI is InChI=1S/C12H9IN4O2/c1-17-10-8(11(18)16-12(17)19)14-9(15-10)6-3-2-4-7(13)5-6/h2-5H,1H3,(H,14,15)(H,16,18,19). The Morgan fingerprint density at radius 2 is 2.05 bits per heavy atom. The zero-order valence-corrected chi connectivity index (χ0v) is 12.1. The molecule has 0 bridgehead atoms. The number of halogens is 1. The van der Waals surface area contributed by atoms with Crippen LogP contribution in [0.4, 0.5) is 0 Å². The summed E-state index contributed by atoms with van der Waals surface area (Å²) in [5, 5.41) is 0. The normalized spacial score (nSPS) is 11.1. The van der Waals surface area contributed by atoms with E-state index >= 15 is 0 Å². The van der Waals surface area contributed by atoms with Gasteiger partial charge in [0.1, 0.15) is 11.3 Å². The number of rotatable bonds is 1. The second-order valence-corrected chi connectivity index (χ2v) is 5.36.